The van der Waals surface area contributed by atoms with E-state index in [1.807, 2.05) is 0 Å². The molecule has 0 aliphatic heterocycles. The maximum Gasteiger partial charge on any atom is 0.410 e. The summed E-state index contributed by atoms with van der Waals surface area (Å²) in [5, 5.41) is 0. The standard InChI is InChI=1S/C10H18F3NO2S/c1-9(2,3)17(15)14-8(10(11,12)13)6-16-7-4-5-7/h7-8,14H,4-6H2,1-3H3/t8-,17?/m0/s1. The van der Waals surface area contributed by atoms with E-state index in [0.29, 0.717) is 0 Å². The molecule has 0 heterocycles. The van der Waals surface area contributed by atoms with Crippen molar-refractivity contribution in [3.05, 3.63) is 0 Å². The van der Waals surface area contributed by atoms with Crippen LogP contribution < -0.4 is 4.72 Å². The third kappa shape index (κ3) is 5.46. The Hall–Kier alpha value is 0.0200. The van der Waals surface area contributed by atoms with E-state index in [0.717, 1.165) is 12.8 Å². The molecule has 102 valence electrons. The predicted octanol–water partition coefficient (Wildman–Crippen LogP) is 2.15. The Morgan fingerprint density at radius 2 is 1.88 bits per heavy atom. The second kappa shape index (κ2) is 5.34. The highest BCUT2D eigenvalue weighted by molar-refractivity contribution is 7.90. The van der Waals surface area contributed by atoms with Crippen LogP contribution in [0.5, 0.6) is 0 Å². The van der Waals surface area contributed by atoms with E-state index in [-0.39, 0.29) is 6.10 Å². The normalized spacial score (nSPS) is 21.4. The lowest BCUT2D eigenvalue weighted by Gasteiger charge is -2.28. The monoisotopic (exact) mass is 273 g/mol. The summed E-state index contributed by atoms with van der Waals surface area (Å²) in [6.45, 7) is 4.37. The van der Waals surface area contributed by atoms with Crippen molar-refractivity contribution < 1.29 is 22.5 Å². The van der Waals surface area contributed by atoms with Crippen LogP contribution in [0.25, 0.3) is 0 Å². The molecule has 17 heavy (non-hydrogen) atoms. The van der Waals surface area contributed by atoms with Gasteiger partial charge in [-0.15, -0.1) is 4.72 Å². The van der Waals surface area contributed by atoms with Gasteiger partial charge in [0.25, 0.3) is 0 Å². The topological polar surface area (TPSA) is 44.3 Å². The molecule has 1 unspecified atom stereocenters. The Morgan fingerprint density at radius 1 is 1.35 bits per heavy atom. The summed E-state index contributed by atoms with van der Waals surface area (Å²) in [6, 6.07) is -1.87. The number of hydrogen-bond donors (Lipinski definition) is 1. The van der Waals surface area contributed by atoms with Crippen molar-refractivity contribution in [2.45, 2.75) is 56.7 Å². The molecule has 2 atom stereocenters. The van der Waals surface area contributed by atoms with Gasteiger partial charge in [-0.05, 0) is 33.6 Å². The molecule has 1 rings (SSSR count). The van der Waals surface area contributed by atoms with Gasteiger partial charge in [-0.25, -0.2) is 0 Å². The minimum Gasteiger partial charge on any atom is -0.598 e. The molecule has 3 nitrogen and oxygen atoms in total. The molecule has 0 aromatic rings. The fourth-order valence-corrected chi connectivity index (χ4v) is 1.78. The molecular formula is C10H18F3NO2S. The zero-order valence-electron chi connectivity index (χ0n) is 10.1. The van der Waals surface area contributed by atoms with Crippen LogP contribution >= 0.6 is 0 Å². The van der Waals surface area contributed by atoms with E-state index in [9.17, 15) is 17.7 Å². The minimum atomic E-state index is -4.45. The van der Waals surface area contributed by atoms with Gasteiger partial charge in [0.1, 0.15) is 4.75 Å². The number of nitrogens with one attached hydrogen (secondary N) is 1. The van der Waals surface area contributed by atoms with Gasteiger partial charge >= 0.3 is 6.18 Å². The van der Waals surface area contributed by atoms with Crippen molar-refractivity contribution in [1.82, 2.24) is 4.72 Å². The van der Waals surface area contributed by atoms with Gasteiger partial charge in [0, 0.05) is 11.4 Å². The Balaban J connectivity index is 2.50. The smallest absolute Gasteiger partial charge is 0.410 e. The van der Waals surface area contributed by atoms with E-state index in [4.69, 9.17) is 4.74 Å². The largest absolute Gasteiger partial charge is 0.598 e. The molecule has 1 N–H and O–H groups in total. The highest BCUT2D eigenvalue weighted by Crippen LogP contribution is 2.28. The van der Waals surface area contributed by atoms with Crippen molar-refractivity contribution in [2.24, 2.45) is 0 Å². The maximum absolute atomic E-state index is 12.7. The first kappa shape index (κ1) is 15.1. The summed E-state index contributed by atoms with van der Waals surface area (Å²) in [5.41, 5.74) is 0. The number of halogens is 3. The van der Waals surface area contributed by atoms with E-state index in [1.54, 1.807) is 20.8 Å². The second-order valence-corrected chi connectivity index (χ2v) is 7.12. The Morgan fingerprint density at radius 3 is 2.24 bits per heavy atom. The maximum atomic E-state index is 12.7. The Labute approximate surface area is 102 Å². The summed E-state index contributed by atoms with van der Waals surface area (Å²) in [7, 11) is 0. The average Bonchev–Trinajstić information content (AvgIpc) is 2.91. The first-order chi connectivity index (χ1) is 7.60. The molecule has 1 fully saturated rings. The molecule has 0 aromatic heterocycles. The van der Waals surface area contributed by atoms with E-state index < -0.39 is 34.9 Å². The van der Waals surface area contributed by atoms with Crippen molar-refractivity contribution in [1.29, 1.82) is 0 Å². The van der Waals surface area contributed by atoms with Gasteiger partial charge in [0.15, 0.2) is 6.04 Å². The zero-order valence-corrected chi connectivity index (χ0v) is 11.0. The fourth-order valence-electron chi connectivity index (χ4n) is 0.968. The van der Waals surface area contributed by atoms with Crippen LogP contribution in [0, 0.1) is 0 Å². The number of rotatable bonds is 5. The third-order valence-electron chi connectivity index (χ3n) is 2.22. The lowest BCUT2D eigenvalue weighted by Crippen LogP contribution is -2.52. The van der Waals surface area contributed by atoms with Gasteiger partial charge in [-0.3, -0.25) is 0 Å². The number of ether oxygens (including phenoxy) is 1. The summed E-state index contributed by atoms with van der Waals surface area (Å²) < 4.78 is 56.0. The first-order valence-corrected chi connectivity index (χ1v) is 6.62. The van der Waals surface area contributed by atoms with Gasteiger partial charge in [0.2, 0.25) is 0 Å². The SMILES string of the molecule is CC(C)(C)[S+]([O-])N[C@@H](COC1CC1)C(F)(F)F. The highest BCUT2D eigenvalue weighted by Gasteiger charge is 2.45. The zero-order chi connectivity index (χ0) is 13.3. The molecule has 0 aromatic carbocycles. The third-order valence-corrected chi connectivity index (χ3v) is 3.83. The van der Waals surface area contributed by atoms with Gasteiger partial charge in [0.05, 0.1) is 12.7 Å². The second-order valence-electron chi connectivity index (χ2n) is 5.13. The van der Waals surface area contributed by atoms with Crippen LogP contribution in [0.4, 0.5) is 13.2 Å². The molecule has 1 saturated carbocycles. The van der Waals surface area contributed by atoms with Crippen LogP contribution in [0.3, 0.4) is 0 Å². The van der Waals surface area contributed by atoms with E-state index in [1.165, 1.54) is 0 Å². The van der Waals surface area contributed by atoms with Gasteiger partial charge in [-0.1, -0.05) is 0 Å². The molecule has 1 aliphatic rings. The van der Waals surface area contributed by atoms with Crippen molar-refractivity contribution in [3.8, 4) is 0 Å². The lowest BCUT2D eigenvalue weighted by atomic mass is 10.3. The van der Waals surface area contributed by atoms with E-state index >= 15 is 0 Å². The molecule has 0 spiro atoms. The van der Waals surface area contributed by atoms with Crippen molar-refractivity contribution >= 4 is 11.4 Å². The van der Waals surface area contributed by atoms with Gasteiger partial charge in [-0.2, -0.15) is 13.2 Å². The molecule has 7 heteroatoms. The summed E-state index contributed by atoms with van der Waals surface area (Å²) in [6.07, 6.45) is -2.87. The summed E-state index contributed by atoms with van der Waals surface area (Å²) in [4.78, 5) is 0. The first-order valence-electron chi connectivity index (χ1n) is 5.47. The predicted molar refractivity (Wildman–Crippen MR) is 59.8 cm³/mol. The highest BCUT2D eigenvalue weighted by atomic mass is 32.2. The molecule has 0 bridgehead atoms. The molecule has 0 radical (unpaired) electrons. The summed E-state index contributed by atoms with van der Waals surface area (Å²) >= 11 is -1.76. The Bertz CT molecular complexity index is 251. The molecule has 0 amide bonds. The molecular weight excluding hydrogens is 255 g/mol. The number of hydrogen-bond acceptors (Lipinski definition) is 3. The van der Waals surface area contributed by atoms with E-state index in [2.05, 4.69) is 4.72 Å². The summed E-state index contributed by atoms with van der Waals surface area (Å²) in [5.74, 6) is 0. The van der Waals surface area contributed by atoms with Crippen LogP contribution in [-0.2, 0) is 16.1 Å². The van der Waals surface area contributed by atoms with Crippen molar-refractivity contribution in [3.63, 3.8) is 0 Å². The number of alkyl halides is 3. The van der Waals surface area contributed by atoms with Crippen LogP contribution in [0.1, 0.15) is 33.6 Å². The Kier molecular flexibility index (Phi) is 4.73. The molecule has 1 aliphatic carbocycles. The average molecular weight is 273 g/mol. The fraction of sp³-hybridized carbons (Fsp3) is 1.00. The van der Waals surface area contributed by atoms with Crippen molar-refractivity contribution in [2.75, 3.05) is 6.61 Å². The van der Waals surface area contributed by atoms with Crippen LogP contribution in [-0.4, -0.2) is 34.2 Å². The molecule has 0 saturated heterocycles. The van der Waals surface area contributed by atoms with Crippen LogP contribution in [0.2, 0.25) is 0 Å². The minimum absolute atomic E-state index is 0.0512. The quantitative estimate of drug-likeness (QED) is 0.781. The van der Waals surface area contributed by atoms with Crippen LogP contribution in [0.15, 0.2) is 0 Å². The van der Waals surface area contributed by atoms with Gasteiger partial charge < -0.3 is 9.29 Å². The lowest BCUT2D eigenvalue weighted by molar-refractivity contribution is -0.164.